The molecule has 0 amide bonds. The van der Waals surface area contributed by atoms with Gasteiger partial charge >= 0.3 is 0 Å². The SMILES string of the molecule is Fc1ccc(CNc2n[nH]c(-c3ccccc3)n2)cc1. The van der Waals surface area contributed by atoms with E-state index in [1.54, 1.807) is 12.1 Å². The van der Waals surface area contributed by atoms with Crippen LogP contribution in [0, 0.1) is 5.82 Å². The lowest BCUT2D eigenvalue weighted by atomic mass is 10.2. The summed E-state index contributed by atoms with van der Waals surface area (Å²) < 4.78 is 12.8. The minimum atomic E-state index is -0.238. The number of aromatic amines is 1. The molecule has 3 rings (SSSR count). The number of nitrogens with one attached hydrogen (secondary N) is 2. The summed E-state index contributed by atoms with van der Waals surface area (Å²) >= 11 is 0. The number of aromatic nitrogens is 3. The molecule has 2 N–H and O–H groups in total. The van der Waals surface area contributed by atoms with Crippen molar-refractivity contribution in [1.82, 2.24) is 15.2 Å². The third-order valence-corrected chi connectivity index (χ3v) is 2.90. The first-order chi connectivity index (χ1) is 9.81. The number of rotatable bonds is 4. The zero-order valence-electron chi connectivity index (χ0n) is 10.7. The van der Waals surface area contributed by atoms with E-state index in [1.807, 2.05) is 30.3 Å². The Kier molecular flexibility index (Phi) is 3.41. The number of nitrogens with zero attached hydrogens (tertiary/aromatic N) is 2. The molecule has 0 saturated carbocycles. The fourth-order valence-electron chi connectivity index (χ4n) is 1.85. The molecule has 0 radical (unpaired) electrons. The molecule has 0 aliphatic carbocycles. The van der Waals surface area contributed by atoms with E-state index in [1.165, 1.54) is 12.1 Å². The lowest BCUT2D eigenvalue weighted by Gasteiger charge is -2.01. The van der Waals surface area contributed by atoms with Crippen LogP contribution < -0.4 is 5.32 Å². The molecule has 20 heavy (non-hydrogen) atoms. The zero-order valence-corrected chi connectivity index (χ0v) is 10.7. The first-order valence-electron chi connectivity index (χ1n) is 6.27. The van der Waals surface area contributed by atoms with Crippen LogP contribution in [0.3, 0.4) is 0 Å². The second-order valence-corrected chi connectivity index (χ2v) is 4.35. The number of halogens is 1. The van der Waals surface area contributed by atoms with E-state index in [9.17, 15) is 4.39 Å². The summed E-state index contributed by atoms with van der Waals surface area (Å²) in [6.45, 7) is 0.548. The van der Waals surface area contributed by atoms with Crippen molar-refractivity contribution in [3.8, 4) is 11.4 Å². The van der Waals surface area contributed by atoms with E-state index in [-0.39, 0.29) is 5.82 Å². The first-order valence-corrected chi connectivity index (χ1v) is 6.27. The summed E-state index contributed by atoms with van der Waals surface area (Å²) in [4.78, 5) is 4.36. The summed E-state index contributed by atoms with van der Waals surface area (Å²) in [5.74, 6) is 0.999. The molecule has 100 valence electrons. The Morgan fingerprint density at radius 3 is 2.50 bits per heavy atom. The van der Waals surface area contributed by atoms with Gasteiger partial charge < -0.3 is 5.32 Å². The Bertz CT molecular complexity index is 677. The molecular formula is C15H13FN4. The Balaban J connectivity index is 1.67. The van der Waals surface area contributed by atoms with Crippen molar-refractivity contribution in [3.05, 3.63) is 66.0 Å². The van der Waals surface area contributed by atoms with Gasteiger partial charge in [0.1, 0.15) is 5.82 Å². The van der Waals surface area contributed by atoms with Crippen LogP contribution in [0.2, 0.25) is 0 Å². The van der Waals surface area contributed by atoms with E-state index in [4.69, 9.17) is 0 Å². The molecule has 0 saturated heterocycles. The van der Waals surface area contributed by atoms with Crippen LogP contribution in [-0.2, 0) is 6.54 Å². The second kappa shape index (κ2) is 5.52. The first kappa shape index (κ1) is 12.3. The van der Waals surface area contributed by atoms with Crippen LogP contribution in [0.1, 0.15) is 5.56 Å². The number of hydrogen-bond donors (Lipinski definition) is 2. The molecule has 0 aliphatic heterocycles. The minimum Gasteiger partial charge on any atom is -0.349 e. The Hall–Kier alpha value is -2.69. The van der Waals surface area contributed by atoms with E-state index in [0.29, 0.717) is 18.3 Å². The molecule has 0 fully saturated rings. The molecule has 3 aromatic rings. The Labute approximate surface area is 115 Å². The quantitative estimate of drug-likeness (QED) is 0.764. The van der Waals surface area contributed by atoms with Gasteiger partial charge in [0.25, 0.3) is 0 Å². The van der Waals surface area contributed by atoms with Gasteiger partial charge in [-0.1, -0.05) is 42.5 Å². The standard InChI is InChI=1S/C15H13FN4/c16-13-8-6-11(7-9-13)10-17-15-18-14(19-20-15)12-4-2-1-3-5-12/h1-9H,10H2,(H2,17,18,19,20). The lowest BCUT2D eigenvalue weighted by Crippen LogP contribution is -2.00. The highest BCUT2D eigenvalue weighted by Crippen LogP contribution is 2.15. The van der Waals surface area contributed by atoms with E-state index < -0.39 is 0 Å². The van der Waals surface area contributed by atoms with Crippen molar-refractivity contribution < 1.29 is 4.39 Å². The van der Waals surface area contributed by atoms with E-state index >= 15 is 0 Å². The third-order valence-electron chi connectivity index (χ3n) is 2.90. The number of H-pyrrole nitrogens is 1. The van der Waals surface area contributed by atoms with Gasteiger partial charge in [-0.2, -0.15) is 4.98 Å². The molecule has 4 nitrogen and oxygen atoms in total. The maximum Gasteiger partial charge on any atom is 0.242 e. The van der Waals surface area contributed by atoms with Gasteiger partial charge in [-0.25, -0.2) is 4.39 Å². The van der Waals surface area contributed by atoms with Crippen molar-refractivity contribution in [1.29, 1.82) is 0 Å². The third kappa shape index (κ3) is 2.83. The van der Waals surface area contributed by atoms with Gasteiger partial charge in [-0.15, -0.1) is 5.10 Å². The highest BCUT2D eigenvalue weighted by Gasteiger charge is 2.04. The largest absolute Gasteiger partial charge is 0.349 e. The lowest BCUT2D eigenvalue weighted by molar-refractivity contribution is 0.627. The van der Waals surface area contributed by atoms with Gasteiger partial charge in [0.2, 0.25) is 5.95 Å². The molecule has 0 unspecified atom stereocenters. The maximum absolute atomic E-state index is 12.8. The topological polar surface area (TPSA) is 53.6 Å². The molecule has 0 atom stereocenters. The molecule has 0 spiro atoms. The number of anilines is 1. The summed E-state index contributed by atoms with van der Waals surface area (Å²) in [7, 11) is 0. The number of hydrogen-bond acceptors (Lipinski definition) is 3. The van der Waals surface area contributed by atoms with E-state index in [2.05, 4.69) is 20.5 Å². The summed E-state index contributed by atoms with van der Waals surface area (Å²) in [6, 6.07) is 16.1. The van der Waals surface area contributed by atoms with Crippen molar-refractivity contribution in [2.45, 2.75) is 6.54 Å². The fourth-order valence-corrected chi connectivity index (χ4v) is 1.85. The average molecular weight is 268 g/mol. The Morgan fingerprint density at radius 1 is 1.00 bits per heavy atom. The van der Waals surface area contributed by atoms with Crippen molar-refractivity contribution in [2.24, 2.45) is 0 Å². The highest BCUT2D eigenvalue weighted by atomic mass is 19.1. The van der Waals surface area contributed by atoms with Gasteiger partial charge in [0.15, 0.2) is 5.82 Å². The van der Waals surface area contributed by atoms with Gasteiger partial charge in [-0.3, -0.25) is 5.10 Å². The summed E-state index contributed by atoms with van der Waals surface area (Å²) in [6.07, 6.45) is 0. The van der Waals surface area contributed by atoms with Crippen LogP contribution in [0.4, 0.5) is 10.3 Å². The van der Waals surface area contributed by atoms with Crippen LogP contribution >= 0.6 is 0 Å². The average Bonchev–Trinajstić information content (AvgIpc) is 2.97. The molecule has 2 aromatic carbocycles. The van der Waals surface area contributed by atoms with Crippen molar-refractivity contribution >= 4 is 5.95 Å². The van der Waals surface area contributed by atoms with Crippen LogP contribution in [0.15, 0.2) is 54.6 Å². The fraction of sp³-hybridized carbons (Fsp3) is 0.0667. The van der Waals surface area contributed by atoms with E-state index in [0.717, 1.165) is 11.1 Å². The van der Waals surface area contributed by atoms with Crippen LogP contribution in [-0.4, -0.2) is 15.2 Å². The molecule has 1 heterocycles. The van der Waals surface area contributed by atoms with Crippen LogP contribution in [0.5, 0.6) is 0 Å². The second-order valence-electron chi connectivity index (χ2n) is 4.35. The smallest absolute Gasteiger partial charge is 0.242 e. The zero-order chi connectivity index (χ0) is 13.8. The highest BCUT2D eigenvalue weighted by molar-refractivity contribution is 5.55. The normalized spacial score (nSPS) is 10.4. The Morgan fingerprint density at radius 2 is 1.75 bits per heavy atom. The predicted octanol–water partition coefficient (Wildman–Crippen LogP) is 3.22. The molecule has 0 aliphatic rings. The van der Waals surface area contributed by atoms with Crippen molar-refractivity contribution in [3.63, 3.8) is 0 Å². The summed E-state index contributed by atoms with van der Waals surface area (Å²) in [5, 5.41) is 10.1. The molecule has 0 bridgehead atoms. The molecular weight excluding hydrogens is 255 g/mol. The predicted molar refractivity (Wildman–Crippen MR) is 75.5 cm³/mol. The molecule has 5 heteroatoms. The minimum absolute atomic E-state index is 0.238. The summed E-state index contributed by atoms with van der Waals surface area (Å²) in [5.41, 5.74) is 1.95. The van der Waals surface area contributed by atoms with Crippen molar-refractivity contribution in [2.75, 3.05) is 5.32 Å². The van der Waals surface area contributed by atoms with Crippen LogP contribution in [0.25, 0.3) is 11.4 Å². The monoisotopic (exact) mass is 268 g/mol. The van der Waals surface area contributed by atoms with Gasteiger partial charge in [0, 0.05) is 12.1 Å². The maximum atomic E-state index is 12.8. The van der Waals surface area contributed by atoms with Gasteiger partial charge in [0.05, 0.1) is 0 Å². The molecule has 1 aromatic heterocycles. The van der Waals surface area contributed by atoms with Gasteiger partial charge in [-0.05, 0) is 17.7 Å². The number of benzene rings is 2.